The summed E-state index contributed by atoms with van der Waals surface area (Å²) in [5.41, 5.74) is 7.87. The molecule has 0 bridgehead atoms. The van der Waals surface area contributed by atoms with Crippen LogP contribution in [0.15, 0.2) is 24.3 Å². The fraction of sp³-hybridized carbons (Fsp3) is 0.625. The number of hydrogen-bond donors (Lipinski definition) is 1. The van der Waals surface area contributed by atoms with E-state index < -0.39 is 0 Å². The van der Waals surface area contributed by atoms with Gasteiger partial charge in [0.15, 0.2) is 0 Å². The highest BCUT2D eigenvalue weighted by Gasteiger charge is 2.20. The Morgan fingerprint density at radius 1 is 1.10 bits per heavy atom. The van der Waals surface area contributed by atoms with Crippen molar-refractivity contribution in [3.05, 3.63) is 24.3 Å². The molecule has 0 radical (unpaired) electrons. The van der Waals surface area contributed by atoms with Gasteiger partial charge in [-0.1, -0.05) is 0 Å². The topological polar surface area (TPSA) is 41.7 Å². The van der Waals surface area contributed by atoms with Crippen LogP contribution in [0, 0.1) is 0 Å². The molecule has 2 fully saturated rings. The Labute approximate surface area is 121 Å². The number of piperazine rings is 1. The molecule has 2 aliphatic rings. The van der Waals surface area contributed by atoms with E-state index >= 15 is 0 Å². The lowest BCUT2D eigenvalue weighted by Gasteiger charge is -2.36. The van der Waals surface area contributed by atoms with Gasteiger partial charge in [0, 0.05) is 50.7 Å². The highest BCUT2D eigenvalue weighted by molar-refractivity contribution is 5.53. The highest BCUT2D eigenvalue weighted by atomic mass is 16.5. The molecule has 0 amide bonds. The predicted molar refractivity (Wildman–Crippen MR) is 83.1 cm³/mol. The molecule has 0 spiro atoms. The summed E-state index contributed by atoms with van der Waals surface area (Å²) in [5, 5.41) is 0. The Bertz CT molecular complexity index is 406. The number of benzene rings is 1. The van der Waals surface area contributed by atoms with Crippen molar-refractivity contribution in [1.29, 1.82) is 0 Å². The lowest BCUT2D eigenvalue weighted by Crippen LogP contribution is -2.47. The van der Waals surface area contributed by atoms with Crippen LogP contribution in [0.4, 0.5) is 11.4 Å². The minimum Gasteiger partial charge on any atom is -0.399 e. The van der Waals surface area contributed by atoms with Gasteiger partial charge in [-0.15, -0.1) is 0 Å². The zero-order valence-corrected chi connectivity index (χ0v) is 12.1. The van der Waals surface area contributed by atoms with E-state index in [2.05, 4.69) is 21.9 Å². The van der Waals surface area contributed by atoms with Crippen LogP contribution in [-0.4, -0.2) is 50.3 Å². The van der Waals surface area contributed by atoms with Crippen molar-refractivity contribution in [3.63, 3.8) is 0 Å². The van der Waals surface area contributed by atoms with Crippen molar-refractivity contribution >= 4 is 11.4 Å². The monoisotopic (exact) mass is 275 g/mol. The number of nitrogens with two attached hydrogens (primary N) is 1. The first kappa shape index (κ1) is 13.7. The van der Waals surface area contributed by atoms with E-state index in [-0.39, 0.29) is 0 Å². The van der Waals surface area contributed by atoms with E-state index in [0.717, 1.165) is 38.5 Å². The SMILES string of the molecule is Nc1ccc(N2CCN(CCC3CCCO3)CC2)cc1. The van der Waals surface area contributed by atoms with Gasteiger partial charge < -0.3 is 15.4 Å². The van der Waals surface area contributed by atoms with Crippen LogP contribution >= 0.6 is 0 Å². The minimum absolute atomic E-state index is 0.519. The van der Waals surface area contributed by atoms with Crippen molar-refractivity contribution in [2.75, 3.05) is 50.0 Å². The Morgan fingerprint density at radius 2 is 1.85 bits per heavy atom. The van der Waals surface area contributed by atoms with Crippen LogP contribution in [0.3, 0.4) is 0 Å². The van der Waals surface area contributed by atoms with Crippen LogP contribution in [0.2, 0.25) is 0 Å². The standard InChI is InChI=1S/C16H25N3O/c17-14-3-5-15(6-4-14)19-11-9-18(10-12-19)8-7-16-2-1-13-20-16/h3-6,16H,1-2,7-13,17H2. The van der Waals surface area contributed by atoms with Gasteiger partial charge in [0.25, 0.3) is 0 Å². The number of anilines is 2. The third kappa shape index (κ3) is 3.44. The van der Waals surface area contributed by atoms with E-state index in [1.54, 1.807) is 0 Å². The highest BCUT2D eigenvalue weighted by Crippen LogP contribution is 2.19. The maximum Gasteiger partial charge on any atom is 0.0588 e. The van der Waals surface area contributed by atoms with Gasteiger partial charge in [0.2, 0.25) is 0 Å². The Morgan fingerprint density at radius 3 is 2.50 bits per heavy atom. The molecule has 0 aliphatic carbocycles. The van der Waals surface area contributed by atoms with Gasteiger partial charge in [-0.05, 0) is 43.5 Å². The summed E-state index contributed by atoms with van der Waals surface area (Å²) in [6, 6.07) is 8.22. The first-order valence-electron chi connectivity index (χ1n) is 7.76. The summed E-state index contributed by atoms with van der Waals surface area (Å²) < 4.78 is 5.70. The summed E-state index contributed by atoms with van der Waals surface area (Å²) in [6.07, 6.45) is 4.22. The second-order valence-electron chi connectivity index (χ2n) is 5.84. The summed E-state index contributed by atoms with van der Waals surface area (Å²) in [7, 11) is 0. The summed E-state index contributed by atoms with van der Waals surface area (Å²) in [4.78, 5) is 5.01. The zero-order valence-electron chi connectivity index (χ0n) is 12.1. The van der Waals surface area contributed by atoms with Crippen LogP contribution in [0.1, 0.15) is 19.3 Å². The number of hydrogen-bond acceptors (Lipinski definition) is 4. The van der Waals surface area contributed by atoms with Gasteiger partial charge >= 0.3 is 0 Å². The molecular weight excluding hydrogens is 250 g/mol. The Kier molecular flexibility index (Phi) is 4.43. The summed E-state index contributed by atoms with van der Waals surface area (Å²) in [6.45, 7) is 6.66. The van der Waals surface area contributed by atoms with Crippen molar-refractivity contribution in [2.45, 2.75) is 25.4 Å². The van der Waals surface area contributed by atoms with Crippen molar-refractivity contribution in [3.8, 4) is 0 Å². The minimum atomic E-state index is 0.519. The molecule has 4 nitrogen and oxygen atoms in total. The maximum absolute atomic E-state index is 5.74. The normalized spacial score (nSPS) is 24.2. The van der Waals surface area contributed by atoms with Crippen molar-refractivity contribution < 1.29 is 4.74 Å². The largest absolute Gasteiger partial charge is 0.399 e. The second-order valence-corrected chi connectivity index (χ2v) is 5.84. The molecular formula is C16H25N3O. The fourth-order valence-corrected chi connectivity index (χ4v) is 3.11. The molecule has 20 heavy (non-hydrogen) atoms. The van der Waals surface area contributed by atoms with E-state index in [1.165, 1.54) is 31.5 Å². The fourth-order valence-electron chi connectivity index (χ4n) is 3.11. The van der Waals surface area contributed by atoms with Crippen LogP contribution in [-0.2, 0) is 4.74 Å². The molecule has 0 saturated carbocycles. The second kappa shape index (κ2) is 6.46. The van der Waals surface area contributed by atoms with Gasteiger partial charge in [0.05, 0.1) is 6.10 Å². The smallest absolute Gasteiger partial charge is 0.0588 e. The molecule has 1 atom stereocenters. The average molecular weight is 275 g/mol. The Balaban J connectivity index is 1.43. The maximum atomic E-state index is 5.74. The first-order valence-corrected chi connectivity index (χ1v) is 7.76. The molecule has 0 aromatic heterocycles. The number of rotatable bonds is 4. The van der Waals surface area contributed by atoms with E-state index in [1.807, 2.05) is 12.1 Å². The van der Waals surface area contributed by atoms with Crippen LogP contribution < -0.4 is 10.6 Å². The Hall–Kier alpha value is -1.26. The van der Waals surface area contributed by atoms with Crippen LogP contribution in [0.5, 0.6) is 0 Å². The number of nitrogens with zero attached hydrogens (tertiary/aromatic N) is 2. The zero-order chi connectivity index (χ0) is 13.8. The summed E-state index contributed by atoms with van der Waals surface area (Å²) in [5.74, 6) is 0. The predicted octanol–water partition coefficient (Wildman–Crippen LogP) is 1.96. The van der Waals surface area contributed by atoms with Gasteiger partial charge in [-0.25, -0.2) is 0 Å². The lowest BCUT2D eigenvalue weighted by atomic mass is 10.1. The van der Waals surface area contributed by atoms with Crippen molar-refractivity contribution in [2.24, 2.45) is 0 Å². The van der Waals surface area contributed by atoms with Crippen molar-refractivity contribution in [1.82, 2.24) is 4.90 Å². The number of nitrogen functional groups attached to an aromatic ring is 1. The number of ether oxygens (including phenoxy) is 1. The molecule has 1 aromatic carbocycles. The molecule has 2 N–H and O–H groups in total. The molecule has 1 aromatic rings. The third-order valence-electron chi connectivity index (χ3n) is 4.42. The van der Waals surface area contributed by atoms with Gasteiger partial charge in [-0.3, -0.25) is 4.90 Å². The molecule has 3 rings (SSSR count). The van der Waals surface area contributed by atoms with E-state index in [0.29, 0.717) is 6.10 Å². The van der Waals surface area contributed by atoms with E-state index in [4.69, 9.17) is 10.5 Å². The summed E-state index contributed by atoms with van der Waals surface area (Å²) >= 11 is 0. The lowest BCUT2D eigenvalue weighted by molar-refractivity contribution is 0.0911. The molecule has 2 saturated heterocycles. The third-order valence-corrected chi connectivity index (χ3v) is 4.42. The van der Waals surface area contributed by atoms with Gasteiger partial charge in [0.1, 0.15) is 0 Å². The quantitative estimate of drug-likeness (QED) is 0.853. The molecule has 2 aliphatic heterocycles. The molecule has 1 unspecified atom stereocenters. The molecule has 4 heteroatoms. The average Bonchev–Trinajstić information content (AvgIpc) is 3.00. The molecule has 110 valence electrons. The van der Waals surface area contributed by atoms with E-state index in [9.17, 15) is 0 Å². The van der Waals surface area contributed by atoms with Gasteiger partial charge in [-0.2, -0.15) is 0 Å². The first-order chi connectivity index (χ1) is 9.81. The molecule has 2 heterocycles. The van der Waals surface area contributed by atoms with Crippen LogP contribution in [0.25, 0.3) is 0 Å².